The largest absolute Gasteiger partial charge is 0.449 e. The van der Waals surface area contributed by atoms with Crippen molar-refractivity contribution < 1.29 is 22.7 Å². The van der Waals surface area contributed by atoms with Crippen LogP contribution in [0.3, 0.4) is 0 Å². The number of nitrogens with one attached hydrogen (secondary N) is 1. The van der Waals surface area contributed by atoms with Crippen LogP contribution in [0.2, 0.25) is 0 Å². The number of carbonyl (C=O) groups is 1. The molecule has 1 amide bonds. The Morgan fingerprint density at radius 1 is 1.30 bits per heavy atom. The molecule has 0 aromatic heterocycles. The molecule has 0 radical (unpaired) electrons. The van der Waals surface area contributed by atoms with E-state index in [4.69, 9.17) is 9.47 Å². The Hall–Kier alpha value is -1.80. The zero-order valence-electron chi connectivity index (χ0n) is 13.3. The lowest BCUT2D eigenvalue weighted by atomic mass is 10.1. The molecule has 0 unspecified atom stereocenters. The van der Waals surface area contributed by atoms with Crippen LogP contribution in [0.5, 0.6) is 0 Å². The van der Waals surface area contributed by atoms with Crippen LogP contribution in [-0.4, -0.2) is 46.6 Å². The van der Waals surface area contributed by atoms with Crippen molar-refractivity contribution in [2.75, 3.05) is 35.7 Å². The summed E-state index contributed by atoms with van der Waals surface area (Å²) in [4.78, 5) is 13.9. The number of hydrogen-bond donors (Lipinski definition) is 1. The first-order valence-corrected chi connectivity index (χ1v) is 9.41. The quantitative estimate of drug-likeness (QED) is 0.887. The van der Waals surface area contributed by atoms with E-state index in [9.17, 15) is 13.2 Å². The van der Waals surface area contributed by atoms with Gasteiger partial charge in [-0.3, -0.25) is 9.62 Å². The maximum atomic E-state index is 12.3. The summed E-state index contributed by atoms with van der Waals surface area (Å²) in [6.07, 6.45) is 2.17. The van der Waals surface area contributed by atoms with Crippen LogP contribution in [-0.2, 0) is 19.5 Å². The van der Waals surface area contributed by atoms with Crippen LogP contribution >= 0.6 is 0 Å². The van der Waals surface area contributed by atoms with Crippen molar-refractivity contribution in [3.05, 3.63) is 24.3 Å². The summed E-state index contributed by atoms with van der Waals surface area (Å²) < 4.78 is 35.4. The van der Waals surface area contributed by atoms with E-state index in [0.717, 1.165) is 19.1 Å². The summed E-state index contributed by atoms with van der Waals surface area (Å²) >= 11 is 0. The summed E-state index contributed by atoms with van der Waals surface area (Å²) in [6.45, 7) is 3.27. The molecule has 0 saturated carbocycles. The van der Waals surface area contributed by atoms with Crippen molar-refractivity contribution >= 4 is 27.5 Å². The van der Waals surface area contributed by atoms with Gasteiger partial charge in [-0.1, -0.05) is 0 Å². The Bertz CT molecular complexity index is 624. The fourth-order valence-corrected chi connectivity index (χ4v) is 3.07. The van der Waals surface area contributed by atoms with Crippen LogP contribution in [0, 0.1) is 0 Å². The lowest BCUT2D eigenvalue weighted by Gasteiger charge is -2.33. The monoisotopic (exact) mass is 342 g/mol. The molecule has 1 heterocycles. The van der Waals surface area contributed by atoms with Crippen LogP contribution < -0.4 is 9.62 Å². The van der Waals surface area contributed by atoms with E-state index < -0.39 is 16.1 Å². The molecule has 0 bridgehead atoms. The van der Waals surface area contributed by atoms with Gasteiger partial charge in [0.25, 0.3) is 0 Å². The van der Waals surface area contributed by atoms with Crippen molar-refractivity contribution in [1.29, 1.82) is 0 Å². The third-order valence-corrected chi connectivity index (χ3v) is 4.08. The standard InChI is InChI=1S/C15H22N2O5S/c1-3-22-15(18)17(14-8-10-21-11-9-14)13-6-4-12(5-7-13)16-23(2,19)20/h4-7,14,16H,3,8-11H2,1-2H3. The van der Waals surface area contributed by atoms with Gasteiger partial charge in [0.15, 0.2) is 0 Å². The lowest BCUT2D eigenvalue weighted by Crippen LogP contribution is -2.44. The molecule has 1 aliphatic rings. The second-order valence-corrected chi connectivity index (χ2v) is 7.08. The molecule has 7 nitrogen and oxygen atoms in total. The van der Waals surface area contributed by atoms with Crippen LogP contribution in [0.15, 0.2) is 24.3 Å². The summed E-state index contributed by atoms with van der Waals surface area (Å²) in [5.74, 6) is 0. The number of rotatable bonds is 5. The van der Waals surface area contributed by atoms with Gasteiger partial charge in [0, 0.05) is 30.6 Å². The third-order valence-electron chi connectivity index (χ3n) is 3.47. The van der Waals surface area contributed by atoms with E-state index in [1.807, 2.05) is 0 Å². The Labute approximate surface area is 136 Å². The van der Waals surface area contributed by atoms with Crippen molar-refractivity contribution in [3.63, 3.8) is 0 Å². The average Bonchev–Trinajstić information content (AvgIpc) is 2.49. The number of nitrogens with zero attached hydrogens (tertiary/aromatic N) is 1. The first-order chi connectivity index (χ1) is 10.9. The highest BCUT2D eigenvalue weighted by atomic mass is 32.2. The summed E-state index contributed by atoms with van der Waals surface area (Å²) in [7, 11) is -3.33. The van der Waals surface area contributed by atoms with E-state index in [2.05, 4.69) is 4.72 Å². The van der Waals surface area contributed by atoms with E-state index >= 15 is 0 Å². The molecule has 0 atom stereocenters. The molecule has 2 rings (SSSR count). The first kappa shape index (κ1) is 17.6. The first-order valence-electron chi connectivity index (χ1n) is 7.52. The van der Waals surface area contributed by atoms with Gasteiger partial charge < -0.3 is 9.47 Å². The smallest absolute Gasteiger partial charge is 0.414 e. The minimum atomic E-state index is -3.33. The Kier molecular flexibility index (Phi) is 5.84. The topological polar surface area (TPSA) is 84.9 Å². The van der Waals surface area contributed by atoms with Crippen LogP contribution in [0.25, 0.3) is 0 Å². The van der Waals surface area contributed by atoms with E-state index in [-0.39, 0.29) is 6.04 Å². The molecule has 1 aliphatic heterocycles. The number of hydrogen-bond acceptors (Lipinski definition) is 5. The lowest BCUT2D eigenvalue weighted by molar-refractivity contribution is 0.0816. The molecular weight excluding hydrogens is 320 g/mol. The number of sulfonamides is 1. The summed E-state index contributed by atoms with van der Waals surface area (Å²) in [5, 5.41) is 0. The molecular formula is C15H22N2O5S. The van der Waals surface area contributed by atoms with Gasteiger partial charge in [0.1, 0.15) is 0 Å². The highest BCUT2D eigenvalue weighted by Crippen LogP contribution is 2.25. The third kappa shape index (κ3) is 5.11. The Morgan fingerprint density at radius 3 is 2.43 bits per heavy atom. The molecule has 23 heavy (non-hydrogen) atoms. The predicted octanol–water partition coefficient (Wildman–Crippen LogP) is 2.20. The highest BCUT2D eigenvalue weighted by molar-refractivity contribution is 7.92. The average molecular weight is 342 g/mol. The minimum Gasteiger partial charge on any atom is -0.449 e. The SMILES string of the molecule is CCOC(=O)N(c1ccc(NS(C)(=O)=O)cc1)C1CCOCC1. The Morgan fingerprint density at radius 2 is 1.91 bits per heavy atom. The predicted molar refractivity (Wildman–Crippen MR) is 88.3 cm³/mol. The molecule has 1 saturated heterocycles. The van der Waals surface area contributed by atoms with Gasteiger partial charge in [0.2, 0.25) is 10.0 Å². The number of ether oxygens (including phenoxy) is 2. The van der Waals surface area contributed by atoms with Crippen molar-refractivity contribution in [2.45, 2.75) is 25.8 Å². The van der Waals surface area contributed by atoms with Gasteiger partial charge in [-0.15, -0.1) is 0 Å². The van der Waals surface area contributed by atoms with Gasteiger partial charge >= 0.3 is 6.09 Å². The van der Waals surface area contributed by atoms with E-state index in [0.29, 0.717) is 31.2 Å². The molecule has 1 aromatic carbocycles. The van der Waals surface area contributed by atoms with Gasteiger partial charge in [-0.05, 0) is 44.0 Å². The summed E-state index contributed by atoms with van der Waals surface area (Å²) in [5.41, 5.74) is 1.13. The molecule has 1 aromatic rings. The van der Waals surface area contributed by atoms with Crippen molar-refractivity contribution in [3.8, 4) is 0 Å². The van der Waals surface area contributed by atoms with Crippen molar-refractivity contribution in [2.24, 2.45) is 0 Å². The molecule has 8 heteroatoms. The fraction of sp³-hybridized carbons (Fsp3) is 0.533. The molecule has 1 N–H and O–H groups in total. The summed E-state index contributed by atoms with van der Waals surface area (Å²) in [6, 6.07) is 6.68. The second kappa shape index (κ2) is 7.65. The second-order valence-electron chi connectivity index (χ2n) is 5.33. The Balaban J connectivity index is 2.22. The maximum Gasteiger partial charge on any atom is 0.414 e. The molecule has 1 fully saturated rings. The zero-order valence-corrected chi connectivity index (χ0v) is 14.1. The maximum absolute atomic E-state index is 12.3. The molecule has 0 aliphatic carbocycles. The zero-order chi connectivity index (χ0) is 16.9. The normalized spacial score (nSPS) is 15.9. The van der Waals surface area contributed by atoms with E-state index in [1.165, 1.54) is 0 Å². The van der Waals surface area contributed by atoms with Gasteiger partial charge in [0.05, 0.1) is 12.9 Å². The molecule has 0 spiro atoms. The van der Waals surface area contributed by atoms with Gasteiger partial charge in [-0.25, -0.2) is 13.2 Å². The number of anilines is 2. The highest BCUT2D eigenvalue weighted by Gasteiger charge is 2.28. The van der Waals surface area contributed by atoms with Crippen LogP contribution in [0.4, 0.5) is 16.2 Å². The van der Waals surface area contributed by atoms with Gasteiger partial charge in [-0.2, -0.15) is 0 Å². The number of carbonyl (C=O) groups excluding carboxylic acids is 1. The molecule has 128 valence electrons. The number of amides is 1. The fourth-order valence-electron chi connectivity index (χ4n) is 2.51. The minimum absolute atomic E-state index is 0.0107. The van der Waals surface area contributed by atoms with Crippen molar-refractivity contribution in [1.82, 2.24) is 0 Å². The van der Waals surface area contributed by atoms with E-state index in [1.54, 1.807) is 36.1 Å². The number of benzene rings is 1. The van der Waals surface area contributed by atoms with Crippen LogP contribution in [0.1, 0.15) is 19.8 Å².